The molecular weight excluding hydrogens is 368 g/mol. The summed E-state index contributed by atoms with van der Waals surface area (Å²) in [5.74, 6) is 0.382. The fraction of sp³-hybridized carbons (Fsp3) is 0.318. The van der Waals surface area contributed by atoms with Gasteiger partial charge in [0, 0.05) is 24.7 Å². The Balaban J connectivity index is 1.70. The molecule has 2 aromatic carbocycles. The number of aryl methyl sites for hydroxylation is 1. The van der Waals surface area contributed by atoms with Gasteiger partial charge in [-0.3, -0.25) is 9.59 Å². The minimum absolute atomic E-state index is 0.210. The van der Waals surface area contributed by atoms with Gasteiger partial charge in [0.15, 0.2) is 5.69 Å². The summed E-state index contributed by atoms with van der Waals surface area (Å²) in [6.07, 6.45) is 0. The quantitative estimate of drug-likeness (QED) is 0.636. The molecule has 1 N–H and O–H groups in total. The highest BCUT2D eigenvalue weighted by Crippen LogP contribution is 2.18. The number of hydrogen-bond acceptors (Lipinski definition) is 5. The van der Waals surface area contributed by atoms with Crippen molar-refractivity contribution in [2.24, 2.45) is 7.05 Å². The first-order valence-corrected chi connectivity index (χ1v) is 9.76. The fourth-order valence-corrected chi connectivity index (χ4v) is 3.12. The van der Waals surface area contributed by atoms with Gasteiger partial charge < -0.3 is 15.0 Å². The number of likely N-dealkylation sites (N-methyl/N-ethyl adjacent to an activating group) is 1. The molecule has 3 aromatic rings. The number of rotatable bonds is 8. The third-order valence-corrected chi connectivity index (χ3v) is 4.85. The first-order chi connectivity index (χ1) is 14.0. The zero-order valence-electron chi connectivity index (χ0n) is 17.0. The van der Waals surface area contributed by atoms with E-state index in [1.54, 1.807) is 36.4 Å². The third kappa shape index (κ3) is 4.81. The summed E-state index contributed by atoms with van der Waals surface area (Å²) in [6, 6.07) is 14.2. The zero-order valence-corrected chi connectivity index (χ0v) is 17.0. The van der Waals surface area contributed by atoms with Gasteiger partial charge in [-0.1, -0.05) is 32.0 Å². The lowest BCUT2D eigenvalue weighted by Crippen LogP contribution is -2.27. The molecule has 1 amide bonds. The Hall–Kier alpha value is -3.19. The molecule has 7 heteroatoms. The van der Waals surface area contributed by atoms with Crippen LogP contribution in [-0.4, -0.2) is 46.8 Å². The van der Waals surface area contributed by atoms with Crippen LogP contribution in [0.2, 0.25) is 0 Å². The van der Waals surface area contributed by atoms with Crippen LogP contribution in [0.5, 0.6) is 5.75 Å². The van der Waals surface area contributed by atoms with E-state index in [0.717, 1.165) is 25.4 Å². The molecule has 3 rings (SSSR count). The molecule has 1 heterocycles. The third-order valence-electron chi connectivity index (χ3n) is 4.85. The predicted molar refractivity (Wildman–Crippen MR) is 115 cm³/mol. The average Bonchev–Trinajstić information content (AvgIpc) is 2.75. The molecule has 0 saturated carbocycles. The maximum atomic E-state index is 12.8. The van der Waals surface area contributed by atoms with Crippen LogP contribution >= 0.6 is 0 Å². The second kappa shape index (κ2) is 9.34. The van der Waals surface area contributed by atoms with Gasteiger partial charge in [0.2, 0.25) is 0 Å². The standard InChI is InChI=1S/C22H26N4O3/c1-4-26(5-2)14-15-29-17-12-10-16(11-13-17)23-21(27)20-18-8-6-7-9-19(18)22(28)25(3)24-20/h6-13H,4-5,14-15H2,1-3H3,(H,23,27). The van der Waals surface area contributed by atoms with E-state index in [4.69, 9.17) is 4.74 Å². The molecule has 0 unspecified atom stereocenters. The normalized spacial score (nSPS) is 11.0. The summed E-state index contributed by atoms with van der Waals surface area (Å²) in [4.78, 5) is 27.3. The van der Waals surface area contributed by atoms with Gasteiger partial charge in [-0.25, -0.2) is 4.68 Å². The van der Waals surface area contributed by atoms with Crippen LogP contribution in [0.4, 0.5) is 5.69 Å². The number of nitrogens with one attached hydrogen (secondary N) is 1. The summed E-state index contributed by atoms with van der Waals surface area (Å²) in [5, 5.41) is 7.98. The lowest BCUT2D eigenvalue weighted by Gasteiger charge is -2.18. The minimum Gasteiger partial charge on any atom is -0.492 e. The number of amides is 1. The molecule has 29 heavy (non-hydrogen) atoms. The molecule has 0 bridgehead atoms. The van der Waals surface area contributed by atoms with Crippen molar-refractivity contribution in [2.75, 3.05) is 31.6 Å². The maximum absolute atomic E-state index is 12.8. The van der Waals surface area contributed by atoms with Gasteiger partial charge in [-0.2, -0.15) is 5.10 Å². The molecule has 1 aromatic heterocycles. The van der Waals surface area contributed by atoms with Crippen LogP contribution in [0, 0.1) is 0 Å². The fourth-order valence-electron chi connectivity index (χ4n) is 3.12. The van der Waals surface area contributed by atoms with E-state index >= 15 is 0 Å². The summed E-state index contributed by atoms with van der Waals surface area (Å²) in [5.41, 5.74) is 0.608. The van der Waals surface area contributed by atoms with E-state index in [0.29, 0.717) is 23.1 Å². The first kappa shape index (κ1) is 20.5. The largest absolute Gasteiger partial charge is 0.492 e. The van der Waals surface area contributed by atoms with Crippen LogP contribution in [0.3, 0.4) is 0 Å². The van der Waals surface area contributed by atoms with Crippen molar-refractivity contribution in [3.05, 3.63) is 64.6 Å². The molecule has 152 valence electrons. The van der Waals surface area contributed by atoms with E-state index in [9.17, 15) is 9.59 Å². The average molecular weight is 394 g/mol. The van der Waals surface area contributed by atoms with E-state index in [2.05, 4.69) is 29.2 Å². The van der Waals surface area contributed by atoms with Crippen molar-refractivity contribution in [3.8, 4) is 5.75 Å². The number of nitrogens with zero attached hydrogens (tertiary/aromatic N) is 3. The van der Waals surface area contributed by atoms with Gasteiger partial charge in [0.1, 0.15) is 12.4 Å². The summed E-state index contributed by atoms with van der Waals surface area (Å²) < 4.78 is 6.95. The second-order valence-corrected chi connectivity index (χ2v) is 6.68. The molecule has 0 saturated heterocycles. The highest BCUT2D eigenvalue weighted by Gasteiger charge is 2.15. The number of fused-ring (bicyclic) bond motifs is 1. The highest BCUT2D eigenvalue weighted by molar-refractivity contribution is 6.11. The Morgan fingerprint density at radius 2 is 1.72 bits per heavy atom. The molecule has 0 aliphatic heterocycles. The second-order valence-electron chi connectivity index (χ2n) is 6.68. The molecule has 0 atom stereocenters. The number of hydrogen-bond donors (Lipinski definition) is 1. The van der Waals surface area contributed by atoms with Crippen LogP contribution in [0.1, 0.15) is 24.3 Å². The van der Waals surface area contributed by atoms with Gasteiger partial charge >= 0.3 is 0 Å². The van der Waals surface area contributed by atoms with Gasteiger partial charge in [0.05, 0.1) is 5.39 Å². The topological polar surface area (TPSA) is 76.5 Å². The van der Waals surface area contributed by atoms with E-state index in [-0.39, 0.29) is 17.2 Å². The van der Waals surface area contributed by atoms with E-state index in [1.165, 1.54) is 11.7 Å². The molecule has 0 spiro atoms. The number of anilines is 1. The minimum atomic E-state index is -0.369. The van der Waals surface area contributed by atoms with E-state index in [1.807, 2.05) is 12.1 Å². The predicted octanol–water partition coefficient (Wildman–Crippen LogP) is 2.91. The molecule has 0 aliphatic carbocycles. The number of aromatic nitrogens is 2. The van der Waals surface area contributed by atoms with Crippen molar-refractivity contribution in [1.29, 1.82) is 0 Å². The summed E-state index contributed by atoms with van der Waals surface area (Å²) in [7, 11) is 1.54. The molecule has 0 radical (unpaired) electrons. The van der Waals surface area contributed by atoms with Gasteiger partial charge in [-0.05, 0) is 43.4 Å². The molecule has 0 aliphatic rings. The number of carbonyl (C=O) groups is 1. The van der Waals surface area contributed by atoms with E-state index < -0.39 is 0 Å². The van der Waals surface area contributed by atoms with Crippen molar-refractivity contribution >= 4 is 22.4 Å². The lowest BCUT2D eigenvalue weighted by molar-refractivity contribution is 0.102. The molecular formula is C22H26N4O3. The molecule has 0 fully saturated rings. The lowest BCUT2D eigenvalue weighted by atomic mass is 10.1. The van der Waals surface area contributed by atoms with Gasteiger partial charge in [0.25, 0.3) is 11.5 Å². The Morgan fingerprint density at radius 3 is 2.38 bits per heavy atom. The summed E-state index contributed by atoms with van der Waals surface area (Å²) in [6.45, 7) is 7.74. The Bertz CT molecular complexity index is 1040. The van der Waals surface area contributed by atoms with Crippen molar-refractivity contribution in [3.63, 3.8) is 0 Å². The Labute approximate surface area is 169 Å². The zero-order chi connectivity index (χ0) is 20.8. The van der Waals surface area contributed by atoms with Crippen molar-refractivity contribution < 1.29 is 9.53 Å². The van der Waals surface area contributed by atoms with Crippen LogP contribution < -0.4 is 15.6 Å². The number of benzene rings is 2. The number of ether oxygens (including phenoxy) is 1. The maximum Gasteiger partial charge on any atom is 0.276 e. The Kier molecular flexibility index (Phi) is 6.61. The van der Waals surface area contributed by atoms with Crippen LogP contribution in [0.15, 0.2) is 53.3 Å². The highest BCUT2D eigenvalue weighted by atomic mass is 16.5. The van der Waals surface area contributed by atoms with Crippen LogP contribution in [0.25, 0.3) is 10.8 Å². The number of carbonyl (C=O) groups excluding carboxylic acids is 1. The van der Waals surface area contributed by atoms with Gasteiger partial charge in [-0.15, -0.1) is 0 Å². The van der Waals surface area contributed by atoms with Crippen molar-refractivity contribution in [2.45, 2.75) is 13.8 Å². The Morgan fingerprint density at radius 1 is 1.07 bits per heavy atom. The van der Waals surface area contributed by atoms with Crippen LogP contribution in [-0.2, 0) is 7.05 Å². The smallest absolute Gasteiger partial charge is 0.276 e. The molecule has 7 nitrogen and oxygen atoms in total. The SMILES string of the molecule is CCN(CC)CCOc1ccc(NC(=O)c2nn(C)c(=O)c3ccccc23)cc1. The summed E-state index contributed by atoms with van der Waals surface area (Å²) >= 11 is 0. The van der Waals surface area contributed by atoms with Crippen molar-refractivity contribution in [1.82, 2.24) is 14.7 Å². The first-order valence-electron chi connectivity index (χ1n) is 9.76. The monoisotopic (exact) mass is 394 g/mol.